The van der Waals surface area contributed by atoms with Gasteiger partial charge in [0.25, 0.3) is 0 Å². The smallest absolute Gasteiger partial charge is 0.164 e. The maximum atomic E-state index is 9.80. The van der Waals surface area contributed by atoms with E-state index in [1.807, 2.05) is 48.5 Å². The fourth-order valence-corrected chi connectivity index (χ4v) is 4.19. The lowest BCUT2D eigenvalue weighted by Crippen LogP contribution is -2.35. The van der Waals surface area contributed by atoms with Crippen LogP contribution in [0.5, 0.6) is 11.5 Å². The number of aromatic nitrogens is 6. The van der Waals surface area contributed by atoms with Crippen molar-refractivity contribution in [3.8, 4) is 11.5 Å². The average molecular weight is 479 g/mol. The highest BCUT2D eigenvalue weighted by Gasteiger charge is 2.30. The minimum absolute atomic E-state index is 0.171. The summed E-state index contributed by atoms with van der Waals surface area (Å²) in [5.41, 5.74) is 4.69. The van der Waals surface area contributed by atoms with Crippen molar-refractivity contribution in [2.45, 2.75) is 12.3 Å². The van der Waals surface area contributed by atoms with Gasteiger partial charge in [0.05, 0.1) is 11.0 Å². The van der Waals surface area contributed by atoms with Crippen LogP contribution in [0.25, 0.3) is 22.1 Å². The van der Waals surface area contributed by atoms with Crippen LogP contribution < -0.4 is 10.6 Å². The highest BCUT2D eigenvalue weighted by Crippen LogP contribution is 2.32. The number of fused-ring (bicyclic) bond motifs is 2. The number of rotatable bonds is 7. The van der Waals surface area contributed by atoms with Gasteiger partial charge in [0, 0.05) is 11.4 Å². The van der Waals surface area contributed by atoms with Crippen LogP contribution in [0.4, 0.5) is 11.4 Å². The number of nitrogens with zero attached hydrogens (tertiary/aromatic N) is 6. The van der Waals surface area contributed by atoms with E-state index in [-0.39, 0.29) is 11.5 Å². The van der Waals surface area contributed by atoms with Crippen LogP contribution >= 0.6 is 0 Å². The van der Waals surface area contributed by atoms with Gasteiger partial charge in [-0.05, 0) is 72.8 Å². The van der Waals surface area contributed by atoms with Gasteiger partial charge < -0.3 is 20.8 Å². The molecule has 0 unspecified atom stereocenters. The zero-order valence-corrected chi connectivity index (χ0v) is 19.0. The SMILES string of the molecule is Oc1ccc(N[C@@H]([C@H](Nc2ccc(O)cc2)n2nnc3ccccc32)n2nnc3ccccc32)cc1. The number of benzene rings is 4. The number of nitrogens with one attached hydrogen (secondary N) is 2. The first kappa shape index (κ1) is 21.4. The molecule has 0 aliphatic rings. The molecule has 6 aromatic rings. The molecule has 0 spiro atoms. The fraction of sp³-hybridized carbons (Fsp3) is 0.0769. The summed E-state index contributed by atoms with van der Waals surface area (Å²) in [5, 5.41) is 44.4. The Morgan fingerprint density at radius 1 is 0.528 bits per heavy atom. The van der Waals surface area contributed by atoms with Crippen LogP contribution in [0, 0.1) is 0 Å². The van der Waals surface area contributed by atoms with Gasteiger partial charge in [0.2, 0.25) is 0 Å². The molecule has 178 valence electrons. The topological polar surface area (TPSA) is 126 Å². The highest BCUT2D eigenvalue weighted by molar-refractivity contribution is 5.75. The first-order valence-corrected chi connectivity index (χ1v) is 11.4. The van der Waals surface area contributed by atoms with Crippen LogP contribution in [0.15, 0.2) is 97.1 Å². The molecule has 2 atom stereocenters. The molecule has 0 saturated heterocycles. The molecule has 0 bridgehead atoms. The van der Waals surface area contributed by atoms with Gasteiger partial charge in [0.15, 0.2) is 12.3 Å². The van der Waals surface area contributed by atoms with Gasteiger partial charge >= 0.3 is 0 Å². The van der Waals surface area contributed by atoms with E-state index < -0.39 is 12.3 Å². The van der Waals surface area contributed by atoms with Crippen molar-refractivity contribution in [3.63, 3.8) is 0 Å². The predicted octanol–water partition coefficient (Wildman–Crippen LogP) is 4.51. The molecule has 0 fully saturated rings. The monoisotopic (exact) mass is 478 g/mol. The summed E-state index contributed by atoms with van der Waals surface area (Å²) in [5.74, 6) is 0.341. The van der Waals surface area contributed by atoms with Crippen molar-refractivity contribution >= 4 is 33.4 Å². The molecule has 2 aromatic heterocycles. The third-order valence-corrected chi connectivity index (χ3v) is 5.94. The Morgan fingerprint density at radius 2 is 0.917 bits per heavy atom. The molecular weight excluding hydrogens is 456 g/mol. The Morgan fingerprint density at radius 3 is 1.33 bits per heavy atom. The van der Waals surface area contributed by atoms with Gasteiger partial charge in [-0.2, -0.15) is 0 Å². The van der Waals surface area contributed by atoms with Crippen LogP contribution in [-0.4, -0.2) is 40.2 Å². The second kappa shape index (κ2) is 8.91. The van der Waals surface area contributed by atoms with E-state index in [1.54, 1.807) is 57.9 Å². The fourth-order valence-electron chi connectivity index (χ4n) is 4.19. The standard InChI is InChI=1S/C26H22N8O2/c35-19-13-9-17(10-14-19)27-25(33-23-7-3-1-5-21(23)29-31-33)26(28-18-11-15-20(36)16-12-18)34-24-8-4-2-6-22(24)30-32-34/h1-16,25-28,35-36H/t25-,26-/m1/s1. The summed E-state index contributed by atoms with van der Waals surface area (Å²) >= 11 is 0. The van der Waals surface area contributed by atoms with E-state index in [9.17, 15) is 10.2 Å². The number of hydrogen-bond donors (Lipinski definition) is 4. The molecule has 0 radical (unpaired) electrons. The van der Waals surface area contributed by atoms with Crippen molar-refractivity contribution < 1.29 is 10.2 Å². The summed E-state index contributed by atoms with van der Waals surface area (Å²) in [6, 6.07) is 29.1. The summed E-state index contributed by atoms with van der Waals surface area (Å²) in [6.07, 6.45) is -1.08. The van der Waals surface area contributed by atoms with Crippen LogP contribution in [0.2, 0.25) is 0 Å². The van der Waals surface area contributed by atoms with Crippen molar-refractivity contribution in [2.24, 2.45) is 0 Å². The van der Waals surface area contributed by atoms with Crippen LogP contribution in [0.3, 0.4) is 0 Å². The molecule has 6 rings (SSSR count). The lowest BCUT2D eigenvalue weighted by atomic mass is 10.2. The van der Waals surface area contributed by atoms with E-state index >= 15 is 0 Å². The summed E-state index contributed by atoms with van der Waals surface area (Å²) in [6.45, 7) is 0. The zero-order valence-electron chi connectivity index (χ0n) is 19.0. The molecule has 2 heterocycles. The van der Waals surface area contributed by atoms with Crippen LogP contribution in [-0.2, 0) is 0 Å². The number of phenols is 2. The number of anilines is 2. The molecule has 4 aromatic carbocycles. The summed E-state index contributed by atoms with van der Waals surface area (Å²) in [4.78, 5) is 0. The number of hydrogen-bond acceptors (Lipinski definition) is 8. The van der Waals surface area contributed by atoms with Crippen molar-refractivity contribution in [1.82, 2.24) is 30.0 Å². The van der Waals surface area contributed by atoms with E-state index in [1.165, 1.54) is 0 Å². The Labute approximate surface area is 205 Å². The Balaban J connectivity index is 1.53. The van der Waals surface area contributed by atoms with Gasteiger partial charge in [-0.25, -0.2) is 9.36 Å². The Bertz CT molecular complexity index is 1500. The molecule has 36 heavy (non-hydrogen) atoms. The molecule has 0 amide bonds. The van der Waals surface area contributed by atoms with Crippen molar-refractivity contribution in [2.75, 3.05) is 10.6 Å². The molecule has 10 nitrogen and oxygen atoms in total. The maximum Gasteiger partial charge on any atom is 0.164 e. The minimum Gasteiger partial charge on any atom is -0.508 e. The molecule has 4 N–H and O–H groups in total. The lowest BCUT2D eigenvalue weighted by Gasteiger charge is -2.31. The predicted molar refractivity (Wildman–Crippen MR) is 137 cm³/mol. The molecule has 0 saturated carbocycles. The third kappa shape index (κ3) is 4.00. The van der Waals surface area contributed by atoms with Gasteiger partial charge in [-0.15, -0.1) is 10.2 Å². The third-order valence-electron chi connectivity index (χ3n) is 5.94. The Kier molecular flexibility index (Phi) is 5.30. The summed E-state index contributed by atoms with van der Waals surface area (Å²) < 4.78 is 3.60. The second-order valence-electron chi connectivity index (χ2n) is 8.32. The minimum atomic E-state index is -0.541. The number of aromatic hydroxyl groups is 2. The van der Waals surface area contributed by atoms with E-state index in [0.717, 1.165) is 33.4 Å². The highest BCUT2D eigenvalue weighted by atomic mass is 16.3. The van der Waals surface area contributed by atoms with Gasteiger partial charge in [-0.1, -0.05) is 34.7 Å². The van der Waals surface area contributed by atoms with Gasteiger partial charge in [0.1, 0.15) is 22.5 Å². The van der Waals surface area contributed by atoms with E-state index in [4.69, 9.17) is 0 Å². The molecule has 0 aliphatic heterocycles. The quantitative estimate of drug-likeness (QED) is 0.247. The molecular formula is C26H22N8O2. The van der Waals surface area contributed by atoms with E-state index in [2.05, 4.69) is 31.3 Å². The van der Waals surface area contributed by atoms with Crippen molar-refractivity contribution in [1.29, 1.82) is 0 Å². The first-order valence-electron chi connectivity index (χ1n) is 11.4. The molecule has 0 aliphatic carbocycles. The van der Waals surface area contributed by atoms with Gasteiger partial charge in [-0.3, -0.25) is 0 Å². The Hall–Kier alpha value is -5.12. The molecule has 10 heteroatoms. The summed E-state index contributed by atoms with van der Waals surface area (Å²) in [7, 11) is 0. The number of para-hydroxylation sites is 2. The average Bonchev–Trinajstić information content (AvgIpc) is 3.53. The second-order valence-corrected chi connectivity index (χ2v) is 8.32. The lowest BCUT2D eigenvalue weighted by molar-refractivity contribution is 0.347. The number of phenolic OH excluding ortho intramolecular Hbond substituents is 2. The van der Waals surface area contributed by atoms with E-state index in [0.29, 0.717) is 0 Å². The largest absolute Gasteiger partial charge is 0.508 e. The maximum absolute atomic E-state index is 9.80. The van der Waals surface area contributed by atoms with Crippen molar-refractivity contribution in [3.05, 3.63) is 97.1 Å². The first-order chi connectivity index (χ1) is 17.7. The zero-order chi connectivity index (χ0) is 24.5. The normalized spacial score (nSPS) is 13.0. The van der Waals surface area contributed by atoms with Crippen LogP contribution in [0.1, 0.15) is 12.3 Å².